The number of esters is 1. The zero-order valence-electron chi connectivity index (χ0n) is 11.3. The summed E-state index contributed by atoms with van der Waals surface area (Å²) in [6.45, 7) is 9.56. The van der Waals surface area contributed by atoms with Crippen LogP contribution in [0.2, 0.25) is 0 Å². The van der Waals surface area contributed by atoms with Gasteiger partial charge in [0.1, 0.15) is 12.1 Å². The van der Waals surface area contributed by atoms with Crippen LogP contribution >= 0.6 is 0 Å². The number of ether oxygens (including phenoxy) is 2. The minimum atomic E-state index is -0.643. The Morgan fingerprint density at radius 3 is 2.18 bits per heavy atom. The number of carbonyl (C=O) groups is 2. The maximum absolute atomic E-state index is 11.7. The number of amides is 1. The van der Waals surface area contributed by atoms with E-state index in [-0.39, 0.29) is 18.6 Å². The molecule has 0 radical (unpaired) electrons. The van der Waals surface area contributed by atoms with Crippen molar-refractivity contribution >= 4 is 12.1 Å². The predicted molar refractivity (Wildman–Crippen MR) is 64.6 cm³/mol. The first-order valence-corrected chi connectivity index (χ1v) is 6.06. The molecule has 0 aliphatic carbocycles. The first-order chi connectivity index (χ1) is 7.92. The van der Waals surface area contributed by atoms with E-state index in [1.54, 1.807) is 13.8 Å². The van der Waals surface area contributed by atoms with Gasteiger partial charge in [0, 0.05) is 0 Å². The summed E-state index contributed by atoms with van der Waals surface area (Å²) >= 11 is 0. The molecule has 17 heavy (non-hydrogen) atoms. The Balaban J connectivity index is 4.26. The van der Waals surface area contributed by atoms with E-state index >= 15 is 0 Å². The van der Waals surface area contributed by atoms with E-state index < -0.39 is 18.1 Å². The highest BCUT2D eigenvalue weighted by atomic mass is 16.6. The smallest absolute Gasteiger partial charge is 0.407 e. The third-order valence-corrected chi connectivity index (χ3v) is 2.50. The highest BCUT2D eigenvalue weighted by Crippen LogP contribution is 2.07. The molecule has 100 valence electrons. The molecule has 1 amide bonds. The number of nitrogens with one attached hydrogen (secondary N) is 1. The highest BCUT2D eigenvalue weighted by molar-refractivity contribution is 5.81. The van der Waals surface area contributed by atoms with Crippen LogP contribution in [0.1, 0.15) is 41.0 Å². The second-order valence-corrected chi connectivity index (χ2v) is 4.21. The van der Waals surface area contributed by atoms with Crippen molar-refractivity contribution in [3.05, 3.63) is 0 Å². The van der Waals surface area contributed by atoms with Crippen molar-refractivity contribution in [3.63, 3.8) is 0 Å². The Bertz CT molecular complexity index is 253. The van der Waals surface area contributed by atoms with Crippen LogP contribution in [0, 0.1) is 5.92 Å². The molecule has 0 aromatic carbocycles. The third kappa shape index (κ3) is 6.14. The van der Waals surface area contributed by atoms with Crippen LogP contribution in [0.5, 0.6) is 0 Å². The van der Waals surface area contributed by atoms with Crippen molar-refractivity contribution in [1.29, 1.82) is 0 Å². The molecular formula is C12H23NO4. The Hall–Kier alpha value is -1.26. The predicted octanol–water partition coefficient (Wildman–Crippen LogP) is 2.10. The average Bonchev–Trinajstić information content (AvgIpc) is 2.25. The normalized spacial score (nSPS) is 14.0. The van der Waals surface area contributed by atoms with Gasteiger partial charge in [0.05, 0.1) is 6.61 Å². The van der Waals surface area contributed by atoms with Crippen LogP contribution in [0.25, 0.3) is 0 Å². The van der Waals surface area contributed by atoms with Gasteiger partial charge in [-0.15, -0.1) is 0 Å². The lowest BCUT2D eigenvalue weighted by Crippen LogP contribution is -2.43. The first-order valence-electron chi connectivity index (χ1n) is 6.06. The topological polar surface area (TPSA) is 64.6 Å². The molecule has 5 nitrogen and oxygen atoms in total. The van der Waals surface area contributed by atoms with Crippen LogP contribution in [0.4, 0.5) is 4.79 Å². The van der Waals surface area contributed by atoms with Gasteiger partial charge in [-0.3, -0.25) is 0 Å². The molecule has 0 aromatic heterocycles. The van der Waals surface area contributed by atoms with Crippen molar-refractivity contribution < 1.29 is 19.1 Å². The average molecular weight is 245 g/mol. The molecule has 0 aromatic rings. The van der Waals surface area contributed by atoms with Crippen LogP contribution in [0.3, 0.4) is 0 Å². The minimum Gasteiger partial charge on any atom is -0.461 e. The monoisotopic (exact) mass is 245 g/mol. The summed E-state index contributed by atoms with van der Waals surface area (Å²) in [5.41, 5.74) is 0. The van der Waals surface area contributed by atoms with Gasteiger partial charge in [-0.05, 0) is 26.2 Å². The van der Waals surface area contributed by atoms with Gasteiger partial charge in [-0.1, -0.05) is 20.8 Å². The van der Waals surface area contributed by atoms with E-state index in [9.17, 15) is 9.59 Å². The van der Waals surface area contributed by atoms with E-state index in [1.807, 2.05) is 20.8 Å². The van der Waals surface area contributed by atoms with Crippen molar-refractivity contribution in [2.24, 2.45) is 5.92 Å². The van der Waals surface area contributed by atoms with Gasteiger partial charge < -0.3 is 14.8 Å². The molecule has 0 spiro atoms. The Kier molecular flexibility index (Phi) is 7.34. The molecule has 0 fully saturated rings. The molecule has 0 aliphatic rings. The van der Waals surface area contributed by atoms with Gasteiger partial charge >= 0.3 is 12.1 Å². The van der Waals surface area contributed by atoms with Gasteiger partial charge in [0.2, 0.25) is 0 Å². The molecule has 0 saturated carbocycles. The maximum atomic E-state index is 11.7. The molecule has 1 N–H and O–H groups in total. The number of carbonyl (C=O) groups excluding carboxylic acids is 2. The van der Waals surface area contributed by atoms with E-state index in [1.165, 1.54) is 0 Å². The van der Waals surface area contributed by atoms with E-state index in [2.05, 4.69) is 5.32 Å². The Morgan fingerprint density at radius 2 is 1.76 bits per heavy atom. The van der Waals surface area contributed by atoms with E-state index in [0.717, 1.165) is 0 Å². The summed E-state index contributed by atoms with van der Waals surface area (Å²) in [6, 6.07) is -0.643. The molecular weight excluding hydrogens is 222 g/mol. The molecule has 0 bridgehead atoms. The summed E-state index contributed by atoms with van der Waals surface area (Å²) in [5, 5.41) is 2.48. The van der Waals surface area contributed by atoms with Crippen LogP contribution in [-0.4, -0.2) is 30.8 Å². The fourth-order valence-electron chi connectivity index (χ4n) is 1.04. The maximum Gasteiger partial charge on any atom is 0.407 e. The second-order valence-electron chi connectivity index (χ2n) is 4.21. The second kappa shape index (κ2) is 7.92. The lowest BCUT2D eigenvalue weighted by atomic mass is 10.1. The van der Waals surface area contributed by atoms with Gasteiger partial charge in [-0.25, -0.2) is 9.59 Å². The lowest BCUT2D eigenvalue weighted by Gasteiger charge is -2.21. The summed E-state index contributed by atoms with van der Waals surface area (Å²) in [5.74, 6) is -0.166. The summed E-state index contributed by atoms with van der Waals surface area (Å²) in [4.78, 5) is 22.9. The van der Waals surface area contributed by atoms with Crippen LogP contribution < -0.4 is 5.32 Å². The molecule has 0 saturated heterocycles. The molecule has 0 heterocycles. The lowest BCUT2D eigenvalue weighted by molar-refractivity contribution is -0.152. The van der Waals surface area contributed by atoms with Crippen LogP contribution in [-0.2, 0) is 14.3 Å². The van der Waals surface area contributed by atoms with Crippen LogP contribution in [0.15, 0.2) is 0 Å². The molecule has 0 aliphatic heterocycles. The standard InChI is InChI=1S/C12H23NO4/c1-6-10(13-12(15)16-7-2)11(14)17-9(5)8(3)4/h8-10H,6-7H2,1-5H3,(H,13,15)/t9-,10?/m0/s1. The number of rotatable bonds is 6. The van der Waals surface area contributed by atoms with E-state index in [4.69, 9.17) is 9.47 Å². The Labute approximate surface area is 103 Å². The zero-order valence-corrected chi connectivity index (χ0v) is 11.3. The Morgan fingerprint density at radius 1 is 1.18 bits per heavy atom. The minimum absolute atomic E-state index is 0.166. The van der Waals surface area contributed by atoms with Crippen molar-refractivity contribution in [3.8, 4) is 0 Å². The number of hydrogen-bond acceptors (Lipinski definition) is 4. The molecule has 1 unspecified atom stereocenters. The summed E-state index contributed by atoms with van der Waals surface area (Å²) < 4.78 is 9.95. The summed E-state index contributed by atoms with van der Waals surface area (Å²) in [7, 11) is 0. The largest absolute Gasteiger partial charge is 0.461 e. The molecule has 5 heteroatoms. The summed E-state index contributed by atoms with van der Waals surface area (Å²) in [6.07, 6.45) is -0.281. The number of hydrogen-bond donors (Lipinski definition) is 1. The first kappa shape index (κ1) is 15.7. The van der Waals surface area contributed by atoms with Gasteiger partial charge in [0.15, 0.2) is 0 Å². The third-order valence-electron chi connectivity index (χ3n) is 2.50. The highest BCUT2D eigenvalue weighted by Gasteiger charge is 2.23. The van der Waals surface area contributed by atoms with Gasteiger partial charge in [-0.2, -0.15) is 0 Å². The van der Waals surface area contributed by atoms with Crippen molar-refractivity contribution in [1.82, 2.24) is 5.32 Å². The number of alkyl carbamates (subject to hydrolysis) is 1. The van der Waals surface area contributed by atoms with Gasteiger partial charge in [0.25, 0.3) is 0 Å². The quantitative estimate of drug-likeness (QED) is 0.728. The van der Waals surface area contributed by atoms with Crippen molar-refractivity contribution in [2.75, 3.05) is 6.61 Å². The molecule has 2 atom stereocenters. The fourth-order valence-corrected chi connectivity index (χ4v) is 1.04. The SMILES string of the molecule is CCOC(=O)NC(CC)C(=O)O[C@@H](C)C(C)C. The van der Waals surface area contributed by atoms with E-state index in [0.29, 0.717) is 6.42 Å². The zero-order chi connectivity index (χ0) is 13.4. The fraction of sp³-hybridized carbons (Fsp3) is 0.833. The van der Waals surface area contributed by atoms with Crippen molar-refractivity contribution in [2.45, 2.75) is 53.2 Å². The molecule has 0 rings (SSSR count).